The summed E-state index contributed by atoms with van der Waals surface area (Å²) in [5.41, 5.74) is 0.310. The number of nitrogens with one attached hydrogen (secondary N) is 1. The minimum atomic E-state index is 0.310. The molecule has 16 heavy (non-hydrogen) atoms. The molecule has 2 aliphatic rings. The molecule has 2 atom stereocenters. The predicted octanol–water partition coefficient (Wildman–Crippen LogP) is 2.64. The Bertz CT molecular complexity index is 225. The quantitative estimate of drug-likeness (QED) is 0.689. The van der Waals surface area contributed by atoms with Crippen LogP contribution in [0, 0.1) is 5.92 Å². The molecule has 0 aromatic rings. The second-order valence-electron chi connectivity index (χ2n) is 6.46. The molecule has 0 aromatic carbocycles. The highest BCUT2D eigenvalue weighted by atomic mass is 15.2. The molecule has 1 aliphatic carbocycles. The summed E-state index contributed by atoms with van der Waals surface area (Å²) in [4.78, 5) is 2.76. The third kappa shape index (κ3) is 2.98. The average molecular weight is 224 g/mol. The van der Waals surface area contributed by atoms with E-state index in [1.165, 1.54) is 45.2 Å². The number of nitrogens with zero attached hydrogens (tertiary/aromatic N) is 1. The lowest BCUT2D eigenvalue weighted by Crippen LogP contribution is -2.60. The highest BCUT2D eigenvalue weighted by Gasteiger charge is 2.32. The van der Waals surface area contributed by atoms with E-state index in [0.717, 1.165) is 18.5 Å². The molecule has 1 saturated heterocycles. The summed E-state index contributed by atoms with van der Waals surface area (Å²) in [6.07, 6.45) is 7.22. The zero-order valence-corrected chi connectivity index (χ0v) is 11.3. The van der Waals surface area contributed by atoms with Crippen LogP contribution in [0.1, 0.15) is 52.9 Å². The number of hydrogen-bond acceptors (Lipinski definition) is 2. The van der Waals surface area contributed by atoms with E-state index < -0.39 is 0 Å². The first-order chi connectivity index (χ1) is 7.58. The van der Waals surface area contributed by atoms with Crippen LogP contribution in [0.25, 0.3) is 0 Å². The van der Waals surface area contributed by atoms with Crippen molar-refractivity contribution in [3.8, 4) is 0 Å². The van der Waals surface area contributed by atoms with Gasteiger partial charge in [-0.25, -0.2) is 0 Å². The first-order valence-electron chi connectivity index (χ1n) is 7.07. The van der Waals surface area contributed by atoms with Gasteiger partial charge in [0, 0.05) is 31.2 Å². The molecule has 1 N–H and O–H groups in total. The summed E-state index contributed by atoms with van der Waals surface area (Å²) < 4.78 is 0. The SMILES string of the molecule is CC1CCCCCC1N1CCNC(C)(C)C1. The van der Waals surface area contributed by atoms with Crippen LogP contribution in [0.3, 0.4) is 0 Å². The van der Waals surface area contributed by atoms with Crippen molar-refractivity contribution >= 4 is 0 Å². The molecule has 2 nitrogen and oxygen atoms in total. The van der Waals surface area contributed by atoms with Gasteiger partial charge in [-0.05, 0) is 32.6 Å². The largest absolute Gasteiger partial charge is 0.309 e. The lowest BCUT2D eigenvalue weighted by atomic mass is 9.92. The van der Waals surface area contributed by atoms with Crippen LogP contribution in [-0.4, -0.2) is 36.1 Å². The molecule has 0 radical (unpaired) electrons. The van der Waals surface area contributed by atoms with E-state index >= 15 is 0 Å². The number of piperazine rings is 1. The van der Waals surface area contributed by atoms with Crippen LogP contribution in [0.5, 0.6) is 0 Å². The van der Waals surface area contributed by atoms with Gasteiger partial charge < -0.3 is 5.32 Å². The molecule has 0 amide bonds. The Hall–Kier alpha value is -0.0800. The summed E-state index contributed by atoms with van der Waals surface area (Å²) in [5, 5.41) is 3.62. The van der Waals surface area contributed by atoms with Crippen molar-refractivity contribution in [3.63, 3.8) is 0 Å². The van der Waals surface area contributed by atoms with E-state index in [1.54, 1.807) is 0 Å². The molecular formula is C14H28N2. The van der Waals surface area contributed by atoms with Crippen molar-refractivity contribution in [2.75, 3.05) is 19.6 Å². The standard InChI is InChI=1S/C14H28N2/c1-12-7-5-4-6-8-13(12)16-10-9-15-14(2,3)11-16/h12-13,15H,4-11H2,1-3H3. The predicted molar refractivity (Wildman–Crippen MR) is 69.7 cm³/mol. The van der Waals surface area contributed by atoms with Crippen LogP contribution < -0.4 is 5.32 Å². The third-order valence-electron chi connectivity index (χ3n) is 4.39. The zero-order chi connectivity index (χ0) is 11.6. The van der Waals surface area contributed by atoms with Gasteiger partial charge >= 0.3 is 0 Å². The van der Waals surface area contributed by atoms with Crippen molar-refractivity contribution in [2.24, 2.45) is 5.92 Å². The van der Waals surface area contributed by atoms with Gasteiger partial charge in [0.15, 0.2) is 0 Å². The summed E-state index contributed by atoms with van der Waals surface area (Å²) in [6.45, 7) is 10.8. The van der Waals surface area contributed by atoms with Crippen LogP contribution in [0.15, 0.2) is 0 Å². The third-order valence-corrected chi connectivity index (χ3v) is 4.39. The number of rotatable bonds is 1. The normalized spacial score (nSPS) is 36.9. The molecule has 0 spiro atoms. The Balaban J connectivity index is 1.98. The van der Waals surface area contributed by atoms with Crippen molar-refractivity contribution < 1.29 is 0 Å². The van der Waals surface area contributed by atoms with Gasteiger partial charge in [0.25, 0.3) is 0 Å². The van der Waals surface area contributed by atoms with Crippen LogP contribution in [0.4, 0.5) is 0 Å². The molecule has 1 saturated carbocycles. The van der Waals surface area contributed by atoms with Crippen molar-refractivity contribution in [1.82, 2.24) is 10.2 Å². The van der Waals surface area contributed by atoms with Crippen LogP contribution in [0.2, 0.25) is 0 Å². The van der Waals surface area contributed by atoms with Gasteiger partial charge in [0.2, 0.25) is 0 Å². The van der Waals surface area contributed by atoms with Crippen LogP contribution in [-0.2, 0) is 0 Å². The maximum Gasteiger partial charge on any atom is 0.0252 e. The molecule has 1 heterocycles. The molecule has 0 aromatic heterocycles. The Kier molecular flexibility index (Phi) is 3.91. The van der Waals surface area contributed by atoms with E-state index in [1.807, 2.05) is 0 Å². The average Bonchev–Trinajstić information content (AvgIpc) is 2.41. The Morgan fingerprint density at radius 2 is 1.88 bits per heavy atom. The molecule has 2 fully saturated rings. The van der Waals surface area contributed by atoms with Crippen molar-refractivity contribution in [3.05, 3.63) is 0 Å². The van der Waals surface area contributed by atoms with E-state index in [2.05, 4.69) is 31.0 Å². The highest BCUT2D eigenvalue weighted by molar-refractivity contribution is 4.91. The Morgan fingerprint density at radius 3 is 2.62 bits per heavy atom. The topological polar surface area (TPSA) is 15.3 Å². The Morgan fingerprint density at radius 1 is 1.12 bits per heavy atom. The molecule has 1 aliphatic heterocycles. The monoisotopic (exact) mass is 224 g/mol. The van der Waals surface area contributed by atoms with Crippen molar-refractivity contribution in [2.45, 2.75) is 64.5 Å². The molecule has 2 rings (SSSR count). The van der Waals surface area contributed by atoms with E-state index in [9.17, 15) is 0 Å². The lowest BCUT2D eigenvalue weighted by Gasteiger charge is -2.44. The first-order valence-corrected chi connectivity index (χ1v) is 7.07. The van der Waals surface area contributed by atoms with Gasteiger partial charge in [0.05, 0.1) is 0 Å². The maximum absolute atomic E-state index is 3.62. The van der Waals surface area contributed by atoms with Gasteiger partial charge in [-0.15, -0.1) is 0 Å². The molecule has 94 valence electrons. The highest BCUT2D eigenvalue weighted by Crippen LogP contribution is 2.28. The second kappa shape index (κ2) is 5.05. The fraction of sp³-hybridized carbons (Fsp3) is 1.00. The van der Waals surface area contributed by atoms with Gasteiger partial charge in [-0.3, -0.25) is 4.90 Å². The maximum atomic E-state index is 3.62. The molecular weight excluding hydrogens is 196 g/mol. The minimum Gasteiger partial charge on any atom is -0.309 e. The van der Waals surface area contributed by atoms with Gasteiger partial charge in [0.1, 0.15) is 0 Å². The molecule has 2 heteroatoms. The molecule has 2 unspecified atom stereocenters. The summed E-state index contributed by atoms with van der Waals surface area (Å²) >= 11 is 0. The smallest absolute Gasteiger partial charge is 0.0252 e. The lowest BCUT2D eigenvalue weighted by molar-refractivity contribution is 0.0767. The fourth-order valence-electron chi connectivity index (χ4n) is 3.48. The van der Waals surface area contributed by atoms with Crippen LogP contribution >= 0.6 is 0 Å². The summed E-state index contributed by atoms with van der Waals surface area (Å²) in [6, 6.07) is 0.851. The number of hydrogen-bond donors (Lipinski definition) is 1. The first kappa shape index (κ1) is 12.4. The second-order valence-corrected chi connectivity index (χ2v) is 6.46. The van der Waals surface area contributed by atoms with E-state index in [0.29, 0.717) is 5.54 Å². The zero-order valence-electron chi connectivity index (χ0n) is 11.3. The Labute approximate surface area is 101 Å². The minimum absolute atomic E-state index is 0.310. The van der Waals surface area contributed by atoms with Gasteiger partial charge in [-0.2, -0.15) is 0 Å². The molecule has 0 bridgehead atoms. The summed E-state index contributed by atoms with van der Waals surface area (Å²) in [7, 11) is 0. The van der Waals surface area contributed by atoms with E-state index in [-0.39, 0.29) is 0 Å². The van der Waals surface area contributed by atoms with Crippen molar-refractivity contribution in [1.29, 1.82) is 0 Å². The summed E-state index contributed by atoms with van der Waals surface area (Å²) in [5.74, 6) is 0.899. The van der Waals surface area contributed by atoms with Gasteiger partial charge in [-0.1, -0.05) is 26.2 Å². The fourth-order valence-corrected chi connectivity index (χ4v) is 3.48. The van der Waals surface area contributed by atoms with E-state index in [4.69, 9.17) is 0 Å².